The Morgan fingerprint density at radius 1 is 0.447 bits per heavy atom. The molecule has 0 bridgehead atoms. The zero-order valence-electron chi connectivity index (χ0n) is 20.6. The number of benzene rings is 5. The van der Waals surface area contributed by atoms with Crippen LogP contribution in [0, 0.1) is 0 Å². The van der Waals surface area contributed by atoms with Crippen LogP contribution in [0.2, 0.25) is 10.0 Å². The van der Waals surface area contributed by atoms with Gasteiger partial charge < -0.3 is 18.9 Å². The van der Waals surface area contributed by atoms with Crippen LogP contribution >= 0.6 is 23.2 Å². The molecule has 0 heterocycles. The molecule has 0 aliphatic carbocycles. The lowest BCUT2D eigenvalue weighted by molar-refractivity contribution is 0.445. The molecular weight excluding hydrogens is 519 g/mol. The molecule has 0 N–H and O–H groups in total. The Labute approximate surface area is 231 Å². The summed E-state index contributed by atoms with van der Waals surface area (Å²) in [5.41, 5.74) is 1.05. The van der Waals surface area contributed by atoms with E-state index in [1.54, 1.807) is 24.3 Å². The van der Waals surface area contributed by atoms with Crippen molar-refractivity contribution in [2.24, 2.45) is 0 Å². The van der Waals surface area contributed by atoms with Gasteiger partial charge in [0, 0.05) is 28.2 Å². The molecule has 5 rings (SSSR count). The van der Waals surface area contributed by atoms with Crippen LogP contribution < -0.4 is 18.9 Å². The molecule has 0 aliphatic heterocycles. The lowest BCUT2D eigenvalue weighted by Gasteiger charge is -2.14. The van der Waals surface area contributed by atoms with Crippen molar-refractivity contribution in [3.8, 4) is 46.0 Å². The molecule has 0 radical (unpaired) electrons. The first-order chi connectivity index (χ1) is 18.5. The first-order valence-corrected chi connectivity index (χ1v) is 12.9. The van der Waals surface area contributed by atoms with Crippen LogP contribution in [-0.2, 0) is 6.42 Å². The Morgan fingerprint density at radius 2 is 0.842 bits per heavy atom. The first kappa shape index (κ1) is 25.5. The predicted molar refractivity (Wildman–Crippen MR) is 152 cm³/mol. The zero-order chi connectivity index (χ0) is 26.3. The number of hydrogen-bond acceptors (Lipinski definition) is 4. The Bertz CT molecular complexity index is 1550. The van der Waals surface area contributed by atoms with Crippen molar-refractivity contribution in [1.29, 1.82) is 0 Å². The standard InChI is InChI=1S/C32H24Cl2O4/c1-2-22-15-16-31(37-28-12-5-11-27(19-28)35-25-9-3-7-23(33)17-25)21-32(22)38-30-14-6-13-29(20-30)36-26-10-4-8-24(34)18-26/h3-21H,2H2,1H3. The first-order valence-electron chi connectivity index (χ1n) is 12.1. The van der Waals surface area contributed by atoms with Crippen LogP contribution in [0.1, 0.15) is 12.5 Å². The number of aryl methyl sites for hydroxylation is 1. The third-order valence-corrected chi connectivity index (χ3v) is 6.03. The van der Waals surface area contributed by atoms with Crippen molar-refractivity contribution in [3.63, 3.8) is 0 Å². The Hall–Kier alpha value is -4.12. The highest BCUT2D eigenvalue weighted by molar-refractivity contribution is 6.31. The summed E-state index contributed by atoms with van der Waals surface area (Å²) < 4.78 is 24.3. The molecular formula is C32H24Cl2O4. The largest absolute Gasteiger partial charge is 0.457 e. The van der Waals surface area contributed by atoms with Gasteiger partial charge >= 0.3 is 0 Å². The highest BCUT2D eigenvalue weighted by Gasteiger charge is 2.10. The van der Waals surface area contributed by atoms with E-state index in [1.165, 1.54) is 0 Å². The van der Waals surface area contributed by atoms with E-state index < -0.39 is 0 Å². The topological polar surface area (TPSA) is 36.9 Å². The maximum Gasteiger partial charge on any atom is 0.134 e. The average Bonchev–Trinajstić information content (AvgIpc) is 2.89. The zero-order valence-corrected chi connectivity index (χ0v) is 22.1. The molecule has 190 valence electrons. The summed E-state index contributed by atoms with van der Waals surface area (Å²) in [4.78, 5) is 0. The highest BCUT2D eigenvalue weighted by Crippen LogP contribution is 2.35. The Kier molecular flexibility index (Phi) is 8.03. The fourth-order valence-corrected chi connectivity index (χ4v) is 4.14. The Balaban J connectivity index is 1.32. The molecule has 0 unspecified atom stereocenters. The van der Waals surface area contributed by atoms with Gasteiger partial charge in [-0.1, -0.05) is 60.5 Å². The molecule has 0 fully saturated rings. The van der Waals surface area contributed by atoms with E-state index >= 15 is 0 Å². The SMILES string of the molecule is CCc1ccc(Oc2cccc(Oc3cccc(Cl)c3)c2)cc1Oc1cccc(Oc2cccc(Cl)c2)c1. The van der Waals surface area contributed by atoms with Crippen LogP contribution in [-0.4, -0.2) is 0 Å². The minimum Gasteiger partial charge on any atom is -0.457 e. The van der Waals surface area contributed by atoms with Gasteiger partial charge in [-0.15, -0.1) is 0 Å². The van der Waals surface area contributed by atoms with Crippen LogP contribution in [0.5, 0.6) is 46.0 Å². The summed E-state index contributed by atoms with van der Waals surface area (Å²) in [6.45, 7) is 2.08. The highest BCUT2D eigenvalue weighted by atomic mass is 35.5. The van der Waals surface area contributed by atoms with Crippen LogP contribution in [0.4, 0.5) is 0 Å². The molecule has 4 nitrogen and oxygen atoms in total. The normalized spacial score (nSPS) is 10.6. The fourth-order valence-electron chi connectivity index (χ4n) is 3.78. The van der Waals surface area contributed by atoms with Gasteiger partial charge in [-0.25, -0.2) is 0 Å². The van der Waals surface area contributed by atoms with Crippen molar-refractivity contribution in [2.75, 3.05) is 0 Å². The molecule has 0 spiro atoms. The molecule has 0 aromatic heterocycles. The number of rotatable bonds is 9. The molecule has 6 heteroatoms. The molecule has 5 aromatic carbocycles. The molecule has 0 amide bonds. The lowest BCUT2D eigenvalue weighted by atomic mass is 10.1. The third kappa shape index (κ3) is 6.80. The van der Waals surface area contributed by atoms with Gasteiger partial charge in [-0.3, -0.25) is 0 Å². The van der Waals surface area contributed by atoms with Gasteiger partial charge in [0.2, 0.25) is 0 Å². The van der Waals surface area contributed by atoms with E-state index in [2.05, 4.69) is 6.92 Å². The summed E-state index contributed by atoms with van der Waals surface area (Å²) in [5.74, 6) is 5.22. The summed E-state index contributed by atoms with van der Waals surface area (Å²) in [5, 5.41) is 1.22. The molecule has 0 atom stereocenters. The van der Waals surface area contributed by atoms with Gasteiger partial charge in [0.25, 0.3) is 0 Å². The Morgan fingerprint density at radius 3 is 1.29 bits per heavy atom. The van der Waals surface area contributed by atoms with E-state index in [0.717, 1.165) is 12.0 Å². The van der Waals surface area contributed by atoms with Gasteiger partial charge in [-0.2, -0.15) is 0 Å². The quantitative estimate of drug-likeness (QED) is 0.185. The van der Waals surface area contributed by atoms with E-state index in [9.17, 15) is 0 Å². The molecule has 0 saturated heterocycles. The molecule has 0 saturated carbocycles. The maximum absolute atomic E-state index is 6.27. The lowest BCUT2D eigenvalue weighted by Crippen LogP contribution is -1.93. The monoisotopic (exact) mass is 542 g/mol. The van der Waals surface area contributed by atoms with E-state index in [0.29, 0.717) is 56.0 Å². The van der Waals surface area contributed by atoms with Gasteiger partial charge in [0.1, 0.15) is 46.0 Å². The number of hydrogen-bond donors (Lipinski definition) is 0. The molecule has 0 aliphatic rings. The van der Waals surface area contributed by atoms with Crippen molar-refractivity contribution in [2.45, 2.75) is 13.3 Å². The van der Waals surface area contributed by atoms with Crippen molar-refractivity contribution in [3.05, 3.63) is 131 Å². The fraction of sp³-hybridized carbons (Fsp3) is 0.0625. The summed E-state index contributed by atoms with van der Waals surface area (Å²) >= 11 is 12.1. The van der Waals surface area contributed by atoms with Crippen molar-refractivity contribution >= 4 is 23.2 Å². The van der Waals surface area contributed by atoms with Gasteiger partial charge in [0.05, 0.1) is 0 Å². The van der Waals surface area contributed by atoms with Crippen molar-refractivity contribution < 1.29 is 18.9 Å². The molecule has 5 aromatic rings. The number of ether oxygens (including phenoxy) is 4. The van der Waals surface area contributed by atoms with Gasteiger partial charge in [-0.05, 0) is 78.7 Å². The van der Waals surface area contributed by atoms with Crippen LogP contribution in [0.25, 0.3) is 0 Å². The second kappa shape index (κ2) is 12.0. The summed E-state index contributed by atoms with van der Waals surface area (Å²) in [7, 11) is 0. The molecule has 38 heavy (non-hydrogen) atoms. The smallest absolute Gasteiger partial charge is 0.134 e. The van der Waals surface area contributed by atoms with E-state index in [1.807, 2.05) is 91.0 Å². The van der Waals surface area contributed by atoms with Crippen LogP contribution in [0.15, 0.2) is 115 Å². The average molecular weight is 543 g/mol. The maximum atomic E-state index is 6.27. The summed E-state index contributed by atoms with van der Waals surface area (Å²) in [6, 6.07) is 35.2. The predicted octanol–water partition coefficient (Wildman–Crippen LogP) is 10.7. The second-order valence-electron chi connectivity index (χ2n) is 8.40. The minimum atomic E-state index is 0.611. The second-order valence-corrected chi connectivity index (χ2v) is 9.27. The van der Waals surface area contributed by atoms with E-state index in [-0.39, 0.29) is 0 Å². The summed E-state index contributed by atoms with van der Waals surface area (Å²) in [6.07, 6.45) is 0.803. The van der Waals surface area contributed by atoms with Crippen LogP contribution in [0.3, 0.4) is 0 Å². The third-order valence-electron chi connectivity index (χ3n) is 5.56. The van der Waals surface area contributed by atoms with Gasteiger partial charge in [0.15, 0.2) is 0 Å². The number of halogens is 2. The van der Waals surface area contributed by atoms with E-state index in [4.69, 9.17) is 42.1 Å². The minimum absolute atomic E-state index is 0.611. The van der Waals surface area contributed by atoms with Crippen molar-refractivity contribution in [1.82, 2.24) is 0 Å².